The fraction of sp³-hybridized carbons (Fsp3) is 0.556. The summed E-state index contributed by atoms with van der Waals surface area (Å²) in [6.45, 7) is 3.12. The van der Waals surface area contributed by atoms with Gasteiger partial charge in [-0.3, -0.25) is 0 Å². The maximum Gasteiger partial charge on any atom is 0.255 e. The molecule has 0 fully saturated rings. The number of nitrogen functional groups attached to an aromatic ring is 1. The molecule has 16 heavy (non-hydrogen) atoms. The number of nitrogens with two attached hydrogens (primary N) is 1. The summed E-state index contributed by atoms with van der Waals surface area (Å²) in [5.74, 6) is 0.354. The Hall–Kier alpha value is -1.66. The predicted octanol–water partition coefficient (Wildman–Crippen LogP) is 1.52. The van der Waals surface area contributed by atoms with Gasteiger partial charge in [0.25, 0.3) is 6.43 Å². The number of nitrogens with zero attached hydrogens (tertiary/aromatic N) is 2. The van der Waals surface area contributed by atoms with E-state index in [1.807, 2.05) is 13.8 Å². The standard InChI is InChI=1S/C9H14F2N4O/c1-5(2)16-9-7(12)8(14-4-15-9)13-3-6(10)11/h4-6H,3,12H2,1-2H3,(H,13,14,15). The Balaban J connectivity index is 2.78. The quantitative estimate of drug-likeness (QED) is 0.805. The van der Waals surface area contributed by atoms with Crippen LogP contribution in [-0.4, -0.2) is 29.0 Å². The Morgan fingerprint density at radius 3 is 2.69 bits per heavy atom. The number of hydrogen-bond acceptors (Lipinski definition) is 5. The van der Waals surface area contributed by atoms with Crippen LogP contribution in [0.5, 0.6) is 5.88 Å². The van der Waals surface area contributed by atoms with Crippen molar-refractivity contribution in [3.63, 3.8) is 0 Å². The molecule has 1 rings (SSSR count). The van der Waals surface area contributed by atoms with Crippen molar-refractivity contribution in [3.8, 4) is 5.88 Å². The molecule has 7 heteroatoms. The van der Waals surface area contributed by atoms with Crippen molar-refractivity contribution < 1.29 is 13.5 Å². The maximum absolute atomic E-state index is 12.0. The maximum atomic E-state index is 12.0. The normalized spacial score (nSPS) is 10.9. The molecule has 0 saturated carbocycles. The molecule has 1 heterocycles. The van der Waals surface area contributed by atoms with Gasteiger partial charge in [-0.2, -0.15) is 4.98 Å². The van der Waals surface area contributed by atoms with Gasteiger partial charge in [0.05, 0.1) is 12.6 Å². The van der Waals surface area contributed by atoms with Crippen LogP contribution in [0, 0.1) is 0 Å². The molecule has 0 radical (unpaired) electrons. The minimum atomic E-state index is -2.47. The van der Waals surface area contributed by atoms with Gasteiger partial charge >= 0.3 is 0 Å². The number of alkyl halides is 2. The van der Waals surface area contributed by atoms with Crippen LogP contribution in [0.2, 0.25) is 0 Å². The Labute approximate surface area is 92.0 Å². The minimum absolute atomic E-state index is 0.0971. The summed E-state index contributed by atoms with van der Waals surface area (Å²) >= 11 is 0. The Morgan fingerprint density at radius 2 is 2.12 bits per heavy atom. The summed E-state index contributed by atoms with van der Waals surface area (Å²) in [4.78, 5) is 7.58. The molecule has 0 bridgehead atoms. The van der Waals surface area contributed by atoms with E-state index in [2.05, 4.69) is 15.3 Å². The van der Waals surface area contributed by atoms with E-state index in [0.29, 0.717) is 0 Å². The highest BCUT2D eigenvalue weighted by atomic mass is 19.3. The number of nitrogens with one attached hydrogen (secondary N) is 1. The average molecular weight is 232 g/mol. The van der Waals surface area contributed by atoms with Gasteiger partial charge < -0.3 is 15.8 Å². The number of anilines is 2. The van der Waals surface area contributed by atoms with Gasteiger partial charge in [-0.15, -0.1) is 0 Å². The minimum Gasteiger partial charge on any atom is -0.473 e. The van der Waals surface area contributed by atoms with E-state index >= 15 is 0 Å². The highest BCUT2D eigenvalue weighted by molar-refractivity contribution is 5.66. The van der Waals surface area contributed by atoms with E-state index in [4.69, 9.17) is 10.5 Å². The number of halogens is 2. The van der Waals surface area contributed by atoms with Gasteiger partial charge in [0, 0.05) is 0 Å². The van der Waals surface area contributed by atoms with Gasteiger partial charge in [-0.05, 0) is 13.8 Å². The zero-order chi connectivity index (χ0) is 12.1. The lowest BCUT2D eigenvalue weighted by atomic mass is 10.4. The zero-order valence-electron chi connectivity index (χ0n) is 9.08. The molecule has 1 aromatic rings. The first-order chi connectivity index (χ1) is 7.50. The highest BCUT2D eigenvalue weighted by Gasteiger charge is 2.11. The molecule has 0 aliphatic heterocycles. The molecule has 1 aromatic heterocycles. The van der Waals surface area contributed by atoms with Crippen LogP contribution in [0.25, 0.3) is 0 Å². The van der Waals surface area contributed by atoms with Gasteiger partial charge in [0.2, 0.25) is 5.88 Å². The smallest absolute Gasteiger partial charge is 0.255 e. The molecule has 0 spiro atoms. The summed E-state index contributed by atoms with van der Waals surface area (Å²) in [5, 5.41) is 2.42. The molecule has 0 atom stereocenters. The van der Waals surface area contributed by atoms with Crippen molar-refractivity contribution in [2.75, 3.05) is 17.6 Å². The van der Waals surface area contributed by atoms with Crippen LogP contribution in [0.1, 0.15) is 13.8 Å². The summed E-state index contributed by atoms with van der Waals surface area (Å²) in [6, 6.07) is 0. The van der Waals surface area contributed by atoms with Crippen molar-refractivity contribution in [3.05, 3.63) is 6.33 Å². The van der Waals surface area contributed by atoms with Crippen molar-refractivity contribution in [2.45, 2.75) is 26.4 Å². The van der Waals surface area contributed by atoms with E-state index in [9.17, 15) is 8.78 Å². The second-order valence-electron chi connectivity index (χ2n) is 3.38. The van der Waals surface area contributed by atoms with Crippen molar-refractivity contribution in [1.82, 2.24) is 9.97 Å². The molecular formula is C9H14F2N4O. The van der Waals surface area contributed by atoms with E-state index in [1.54, 1.807) is 0 Å². The molecule has 0 aromatic carbocycles. The van der Waals surface area contributed by atoms with E-state index in [-0.39, 0.29) is 23.5 Å². The molecule has 0 unspecified atom stereocenters. The first-order valence-electron chi connectivity index (χ1n) is 4.80. The summed E-state index contributed by atoms with van der Waals surface area (Å²) in [6.07, 6.45) is -1.36. The van der Waals surface area contributed by atoms with E-state index in [1.165, 1.54) is 6.33 Å². The largest absolute Gasteiger partial charge is 0.473 e. The average Bonchev–Trinajstić information content (AvgIpc) is 2.18. The van der Waals surface area contributed by atoms with Crippen molar-refractivity contribution >= 4 is 11.5 Å². The third-order valence-electron chi connectivity index (χ3n) is 1.62. The van der Waals surface area contributed by atoms with Crippen LogP contribution in [0.15, 0.2) is 6.33 Å². The summed E-state index contributed by atoms with van der Waals surface area (Å²) in [5.41, 5.74) is 5.80. The second kappa shape index (κ2) is 5.43. The molecule has 0 aliphatic rings. The fourth-order valence-electron chi connectivity index (χ4n) is 1.01. The lowest BCUT2D eigenvalue weighted by Crippen LogP contribution is -2.15. The molecule has 0 aliphatic carbocycles. The fourth-order valence-corrected chi connectivity index (χ4v) is 1.01. The van der Waals surface area contributed by atoms with Crippen LogP contribution in [0.4, 0.5) is 20.3 Å². The van der Waals surface area contributed by atoms with Gasteiger partial charge in [0.1, 0.15) is 12.0 Å². The monoisotopic (exact) mass is 232 g/mol. The van der Waals surface area contributed by atoms with Gasteiger partial charge in [0.15, 0.2) is 5.82 Å². The first kappa shape index (κ1) is 12.4. The number of ether oxygens (including phenoxy) is 1. The predicted molar refractivity (Wildman–Crippen MR) is 56.7 cm³/mol. The molecule has 0 amide bonds. The number of aromatic nitrogens is 2. The number of rotatable bonds is 5. The number of hydrogen-bond donors (Lipinski definition) is 2. The molecule has 5 nitrogen and oxygen atoms in total. The van der Waals surface area contributed by atoms with E-state index < -0.39 is 13.0 Å². The first-order valence-corrected chi connectivity index (χ1v) is 4.80. The summed E-state index contributed by atoms with van der Waals surface area (Å²) < 4.78 is 29.3. The third-order valence-corrected chi connectivity index (χ3v) is 1.62. The molecule has 90 valence electrons. The summed E-state index contributed by atoms with van der Waals surface area (Å²) in [7, 11) is 0. The SMILES string of the molecule is CC(C)Oc1ncnc(NCC(F)F)c1N. The van der Waals surface area contributed by atoms with Crippen molar-refractivity contribution in [1.29, 1.82) is 0 Å². The Kier molecular flexibility index (Phi) is 4.21. The van der Waals surface area contributed by atoms with Crippen molar-refractivity contribution in [2.24, 2.45) is 0 Å². The van der Waals surface area contributed by atoms with Gasteiger partial charge in [-0.25, -0.2) is 13.8 Å². The third kappa shape index (κ3) is 3.48. The Morgan fingerprint density at radius 1 is 1.44 bits per heavy atom. The van der Waals surface area contributed by atoms with Crippen LogP contribution < -0.4 is 15.8 Å². The van der Waals surface area contributed by atoms with Crippen LogP contribution >= 0.6 is 0 Å². The van der Waals surface area contributed by atoms with Gasteiger partial charge in [-0.1, -0.05) is 0 Å². The van der Waals surface area contributed by atoms with Crippen LogP contribution in [-0.2, 0) is 0 Å². The molecule has 0 saturated heterocycles. The molecule has 3 N–H and O–H groups in total. The highest BCUT2D eigenvalue weighted by Crippen LogP contribution is 2.25. The Bertz CT molecular complexity index is 346. The second-order valence-corrected chi connectivity index (χ2v) is 3.38. The molecular weight excluding hydrogens is 218 g/mol. The lowest BCUT2D eigenvalue weighted by molar-refractivity contribution is 0.163. The zero-order valence-corrected chi connectivity index (χ0v) is 9.08. The topological polar surface area (TPSA) is 73.1 Å². The van der Waals surface area contributed by atoms with Crippen LogP contribution in [0.3, 0.4) is 0 Å². The van der Waals surface area contributed by atoms with E-state index in [0.717, 1.165) is 0 Å². The lowest BCUT2D eigenvalue weighted by Gasteiger charge is -2.13.